The lowest BCUT2D eigenvalue weighted by molar-refractivity contribution is -0.134. The Morgan fingerprint density at radius 2 is 1.77 bits per heavy atom. The van der Waals surface area contributed by atoms with Crippen molar-refractivity contribution in [2.45, 2.75) is 32.7 Å². The molecule has 0 aliphatic carbocycles. The Balaban J connectivity index is 2.22. The van der Waals surface area contributed by atoms with Crippen LogP contribution in [0.2, 0.25) is 0 Å². The average Bonchev–Trinajstić information content (AvgIpc) is 2.95. The first-order valence-electron chi connectivity index (χ1n) is 7.53. The SMILES string of the molecule is CCN(CC)C(=O)[C@@H]1CCCN1C(=O)c1cc(F)cc(F)c1. The molecule has 0 aromatic heterocycles. The van der Waals surface area contributed by atoms with Crippen LogP contribution in [-0.2, 0) is 4.79 Å². The van der Waals surface area contributed by atoms with Gasteiger partial charge in [-0.15, -0.1) is 0 Å². The lowest BCUT2D eigenvalue weighted by Gasteiger charge is -2.29. The molecule has 0 saturated carbocycles. The Labute approximate surface area is 128 Å². The fourth-order valence-corrected chi connectivity index (χ4v) is 2.86. The Hall–Kier alpha value is -1.98. The fraction of sp³-hybridized carbons (Fsp3) is 0.500. The minimum Gasteiger partial charge on any atom is -0.341 e. The van der Waals surface area contributed by atoms with Gasteiger partial charge in [0, 0.05) is 31.3 Å². The minimum atomic E-state index is -0.797. The molecule has 2 rings (SSSR count). The number of likely N-dealkylation sites (N-methyl/N-ethyl adjacent to an activating group) is 1. The second kappa shape index (κ2) is 6.85. The first-order valence-corrected chi connectivity index (χ1v) is 7.53. The molecule has 6 heteroatoms. The van der Waals surface area contributed by atoms with Gasteiger partial charge in [-0.2, -0.15) is 0 Å². The van der Waals surface area contributed by atoms with Crippen LogP contribution in [0.1, 0.15) is 37.0 Å². The number of amides is 2. The van der Waals surface area contributed by atoms with E-state index >= 15 is 0 Å². The highest BCUT2D eigenvalue weighted by atomic mass is 19.1. The summed E-state index contributed by atoms with van der Waals surface area (Å²) >= 11 is 0. The second-order valence-corrected chi connectivity index (χ2v) is 5.33. The molecule has 0 spiro atoms. The first kappa shape index (κ1) is 16.4. The van der Waals surface area contributed by atoms with Gasteiger partial charge in [-0.1, -0.05) is 0 Å². The van der Waals surface area contributed by atoms with E-state index in [1.165, 1.54) is 4.90 Å². The smallest absolute Gasteiger partial charge is 0.254 e. The standard InChI is InChI=1S/C16H20F2N2O2/c1-3-19(4-2)16(22)14-6-5-7-20(14)15(21)11-8-12(17)10-13(18)9-11/h8-10,14H,3-7H2,1-2H3/t14-/m0/s1. The number of hydrogen-bond acceptors (Lipinski definition) is 2. The van der Waals surface area contributed by atoms with E-state index in [0.29, 0.717) is 32.5 Å². The number of likely N-dealkylation sites (tertiary alicyclic amines) is 1. The number of halogens is 2. The van der Waals surface area contributed by atoms with Crippen molar-refractivity contribution in [3.8, 4) is 0 Å². The third-order valence-corrected chi connectivity index (χ3v) is 3.98. The average molecular weight is 310 g/mol. The van der Waals surface area contributed by atoms with E-state index in [4.69, 9.17) is 0 Å². The number of carbonyl (C=O) groups excluding carboxylic acids is 2. The van der Waals surface area contributed by atoms with E-state index < -0.39 is 23.6 Å². The molecule has 1 aromatic rings. The molecular weight excluding hydrogens is 290 g/mol. The summed E-state index contributed by atoms with van der Waals surface area (Å²) in [6.45, 7) is 5.33. The molecule has 0 N–H and O–H groups in total. The maximum atomic E-state index is 13.3. The molecule has 1 aliphatic heterocycles. The normalized spacial score (nSPS) is 17.6. The Bertz CT molecular complexity index is 553. The van der Waals surface area contributed by atoms with Gasteiger partial charge in [0.2, 0.25) is 5.91 Å². The van der Waals surface area contributed by atoms with Gasteiger partial charge in [-0.25, -0.2) is 8.78 Å². The van der Waals surface area contributed by atoms with Crippen LogP contribution in [0.3, 0.4) is 0 Å². The van der Waals surface area contributed by atoms with E-state index in [9.17, 15) is 18.4 Å². The molecular formula is C16H20F2N2O2. The van der Waals surface area contributed by atoms with Gasteiger partial charge < -0.3 is 9.80 Å². The largest absolute Gasteiger partial charge is 0.341 e. The topological polar surface area (TPSA) is 40.6 Å². The van der Waals surface area contributed by atoms with Crippen LogP contribution in [-0.4, -0.2) is 47.3 Å². The molecule has 4 nitrogen and oxygen atoms in total. The van der Waals surface area contributed by atoms with Gasteiger partial charge in [-0.3, -0.25) is 9.59 Å². The van der Waals surface area contributed by atoms with E-state index in [1.54, 1.807) is 4.90 Å². The lowest BCUT2D eigenvalue weighted by Crippen LogP contribution is -2.47. The maximum Gasteiger partial charge on any atom is 0.254 e. The number of carbonyl (C=O) groups is 2. The lowest BCUT2D eigenvalue weighted by atomic mass is 10.1. The number of benzene rings is 1. The minimum absolute atomic E-state index is 0.0586. The van der Waals surface area contributed by atoms with Crippen molar-refractivity contribution in [2.24, 2.45) is 0 Å². The summed E-state index contributed by atoms with van der Waals surface area (Å²) in [5, 5.41) is 0. The maximum absolute atomic E-state index is 13.3. The van der Waals surface area contributed by atoms with Crippen molar-refractivity contribution in [1.29, 1.82) is 0 Å². The highest BCUT2D eigenvalue weighted by Gasteiger charge is 2.36. The van der Waals surface area contributed by atoms with Crippen LogP contribution < -0.4 is 0 Å². The third-order valence-electron chi connectivity index (χ3n) is 3.98. The predicted octanol–water partition coefficient (Wildman–Crippen LogP) is 2.44. The van der Waals surface area contributed by atoms with Crippen molar-refractivity contribution < 1.29 is 18.4 Å². The van der Waals surface area contributed by atoms with Gasteiger partial charge in [0.1, 0.15) is 17.7 Å². The summed E-state index contributed by atoms with van der Waals surface area (Å²) in [6.07, 6.45) is 1.29. The van der Waals surface area contributed by atoms with E-state index in [1.807, 2.05) is 13.8 Å². The molecule has 1 heterocycles. The molecule has 0 bridgehead atoms. The van der Waals surface area contributed by atoms with Crippen molar-refractivity contribution >= 4 is 11.8 Å². The molecule has 1 saturated heterocycles. The van der Waals surface area contributed by atoms with E-state index in [2.05, 4.69) is 0 Å². The molecule has 1 aliphatic rings. The number of rotatable bonds is 4. The summed E-state index contributed by atoms with van der Waals surface area (Å²) in [5.41, 5.74) is -0.0586. The van der Waals surface area contributed by atoms with Crippen molar-refractivity contribution in [3.63, 3.8) is 0 Å². The highest BCUT2D eigenvalue weighted by molar-refractivity contribution is 5.98. The molecule has 0 unspecified atom stereocenters. The zero-order valence-corrected chi connectivity index (χ0v) is 12.8. The Morgan fingerprint density at radius 3 is 2.32 bits per heavy atom. The van der Waals surface area contributed by atoms with Gasteiger partial charge in [0.05, 0.1) is 0 Å². The highest BCUT2D eigenvalue weighted by Crippen LogP contribution is 2.22. The quantitative estimate of drug-likeness (QED) is 0.857. The Kier molecular flexibility index (Phi) is 5.11. The van der Waals surface area contributed by atoms with Gasteiger partial charge in [-0.05, 0) is 38.8 Å². The van der Waals surface area contributed by atoms with E-state index in [0.717, 1.165) is 18.2 Å². The van der Waals surface area contributed by atoms with Crippen LogP contribution >= 0.6 is 0 Å². The molecule has 2 amide bonds. The van der Waals surface area contributed by atoms with Crippen molar-refractivity contribution in [2.75, 3.05) is 19.6 Å². The van der Waals surface area contributed by atoms with Crippen LogP contribution in [0.25, 0.3) is 0 Å². The molecule has 0 radical (unpaired) electrons. The molecule has 22 heavy (non-hydrogen) atoms. The van der Waals surface area contributed by atoms with Crippen LogP contribution in [0.5, 0.6) is 0 Å². The summed E-state index contributed by atoms with van der Waals surface area (Å²) in [7, 11) is 0. The molecule has 120 valence electrons. The van der Waals surface area contributed by atoms with Crippen LogP contribution in [0.4, 0.5) is 8.78 Å². The van der Waals surface area contributed by atoms with Crippen LogP contribution in [0, 0.1) is 11.6 Å². The molecule has 1 atom stereocenters. The Morgan fingerprint density at radius 1 is 1.18 bits per heavy atom. The number of nitrogens with zero attached hydrogens (tertiary/aromatic N) is 2. The van der Waals surface area contributed by atoms with Gasteiger partial charge in [0.25, 0.3) is 5.91 Å². The number of hydrogen-bond donors (Lipinski definition) is 0. The zero-order valence-electron chi connectivity index (χ0n) is 12.8. The molecule has 1 fully saturated rings. The summed E-state index contributed by atoms with van der Waals surface area (Å²) < 4.78 is 26.6. The monoisotopic (exact) mass is 310 g/mol. The van der Waals surface area contributed by atoms with Gasteiger partial charge >= 0.3 is 0 Å². The van der Waals surface area contributed by atoms with Crippen LogP contribution in [0.15, 0.2) is 18.2 Å². The van der Waals surface area contributed by atoms with Gasteiger partial charge in [0.15, 0.2) is 0 Å². The van der Waals surface area contributed by atoms with E-state index in [-0.39, 0.29) is 11.5 Å². The zero-order chi connectivity index (χ0) is 16.3. The third kappa shape index (κ3) is 3.26. The summed E-state index contributed by atoms with van der Waals surface area (Å²) in [4.78, 5) is 28.1. The molecule has 1 aromatic carbocycles. The van der Waals surface area contributed by atoms with Crippen molar-refractivity contribution in [3.05, 3.63) is 35.4 Å². The fourth-order valence-electron chi connectivity index (χ4n) is 2.86. The summed E-state index contributed by atoms with van der Waals surface area (Å²) in [6, 6.07) is 2.18. The summed E-state index contributed by atoms with van der Waals surface area (Å²) in [5.74, 6) is -2.20. The first-order chi connectivity index (χ1) is 10.5. The predicted molar refractivity (Wildman–Crippen MR) is 78.3 cm³/mol. The van der Waals surface area contributed by atoms with Crippen molar-refractivity contribution in [1.82, 2.24) is 9.80 Å². The second-order valence-electron chi connectivity index (χ2n) is 5.33.